The smallest absolute Gasteiger partial charge is 0.295 e. The average Bonchev–Trinajstić information content (AvgIpc) is 2.56. The van der Waals surface area contributed by atoms with Gasteiger partial charge in [-0.15, -0.1) is 0 Å². The normalized spacial score (nSPS) is 15.7. The van der Waals surface area contributed by atoms with Gasteiger partial charge >= 0.3 is 0 Å². The van der Waals surface area contributed by atoms with Crippen LogP contribution in [-0.4, -0.2) is 41.0 Å². The fraction of sp³-hybridized carbons (Fsp3) is 0.312. The van der Waals surface area contributed by atoms with Crippen LogP contribution in [0.5, 0.6) is 0 Å². The van der Waals surface area contributed by atoms with Crippen molar-refractivity contribution in [3.05, 3.63) is 64.5 Å². The van der Waals surface area contributed by atoms with Crippen LogP contribution in [0.3, 0.4) is 0 Å². The summed E-state index contributed by atoms with van der Waals surface area (Å²) >= 11 is 0. The molecule has 1 fully saturated rings. The van der Waals surface area contributed by atoms with Crippen LogP contribution in [0.1, 0.15) is 5.56 Å². The summed E-state index contributed by atoms with van der Waals surface area (Å²) in [6.07, 6.45) is 3.05. The molecule has 0 spiro atoms. The summed E-state index contributed by atoms with van der Waals surface area (Å²) < 4.78 is 0. The van der Waals surface area contributed by atoms with Crippen LogP contribution in [0.15, 0.2) is 48.8 Å². The molecule has 0 unspecified atom stereocenters. The van der Waals surface area contributed by atoms with Gasteiger partial charge in [0.15, 0.2) is 0 Å². The summed E-state index contributed by atoms with van der Waals surface area (Å²) in [7, 11) is 0. The predicted molar refractivity (Wildman–Crippen MR) is 84.8 cm³/mol. The summed E-state index contributed by atoms with van der Waals surface area (Å²) in [6.45, 7) is 4.25. The Kier molecular flexibility index (Phi) is 4.29. The molecule has 1 saturated heterocycles. The standard InChI is InChI=1S/C16H18N4O2/c21-20(22)15-6-7-17-12-16(15)19-10-8-18(9-11-19)13-14-4-2-1-3-5-14/h1-7,12H,8-11,13H2. The summed E-state index contributed by atoms with van der Waals surface area (Å²) in [5.74, 6) is 0. The van der Waals surface area contributed by atoms with Crippen LogP contribution in [0.25, 0.3) is 0 Å². The molecule has 1 aromatic heterocycles. The summed E-state index contributed by atoms with van der Waals surface area (Å²) in [5, 5.41) is 11.1. The van der Waals surface area contributed by atoms with Crippen LogP contribution in [0, 0.1) is 10.1 Å². The number of nitro groups is 1. The second-order valence-electron chi connectivity index (χ2n) is 5.37. The maximum absolute atomic E-state index is 11.1. The fourth-order valence-electron chi connectivity index (χ4n) is 2.77. The quantitative estimate of drug-likeness (QED) is 0.640. The Morgan fingerprint density at radius 2 is 1.82 bits per heavy atom. The number of hydrogen-bond acceptors (Lipinski definition) is 5. The average molecular weight is 298 g/mol. The lowest BCUT2D eigenvalue weighted by molar-refractivity contribution is -0.384. The zero-order valence-electron chi connectivity index (χ0n) is 12.3. The molecule has 6 nitrogen and oxygen atoms in total. The second-order valence-corrected chi connectivity index (χ2v) is 5.37. The summed E-state index contributed by atoms with van der Waals surface area (Å²) in [5.41, 5.74) is 2.04. The van der Waals surface area contributed by atoms with Crippen molar-refractivity contribution in [2.75, 3.05) is 31.1 Å². The van der Waals surface area contributed by atoms with Gasteiger partial charge in [-0.3, -0.25) is 20.0 Å². The lowest BCUT2D eigenvalue weighted by Crippen LogP contribution is -2.46. The zero-order chi connectivity index (χ0) is 15.4. The molecule has 0 aliphatic carbocycles. The number of pyridine rings is 1. The molecule has 1 aliphatic rings. The molecule has 0 radical (unpaired) electrons. The fourth-order valence-corrected chi connectivity index (χ4v) is 2.77. The maximum atomic E-state index is 11.1. The highest BCUT2D eigenvalue weighted by Gasteiger charge is 2.23. The van der Waals surface area contributed by atoms with Crippen LogP contribution in [-0.2, 0) is 6.54 Å². The van der Waals surface area contributed by atoms with Gasteiger partial charge in [0.05, 0.1) is 11.1 Å². The number of piperazine rings is 1. The second kappa shape index (κ2) is 6.53. The van der Waals surface area contributed by atoms with Gasteiger partial charge in [0, 0.05) is 45.0 Å². The van der Waals surface area contributed by atoms with E-state index in [1.54, 1.807) is 6.20 Å². The third-order valence-electron chi connectivity index (χ3n) is 3.94. The van der Waals surface area contributed by atoms with E-state index in [2.05, 4.69) is 22.0 Å². The molecular formula is C16H18N4O2. The number of anilines is 1. The summed E-state index contributed by atoms with van der Waals surface area (Å²) in [4.78, 5) is 19.2. The van der Waals surface area contributed by atoms with E-state index in [4.69, 9.17) is 0 Å². The maximum Gasteiger partial charge on any atom is 0.295 e. The minimum Gasteiger partial charge on any atom is -0.362 e. The highest BCUT2D eigenvalue weighted by molar-refractivity contribution is 5.61. The van der Waals surface area contributed by atoms with Gasteiger partial charge < -0.3 is 4.90 Å². The first-order valence-electron chi connectivity index (χ1n) is 7.33. The number of nitrogens with zero attached hydrogens (tertiary/aromatic N) is 4. The molecule has 3 rings (SSSR count). The minimum atomic E-state index is -0.340. The van der Waals surface area contributed by atoms with E-state index in [0.717, 1.165) is 32.7 Å². The van der Waals surface area contributed by atoms with Crippen molar-refractivity contribution in [1.82, 2.24) is 9.88 Å². The Hall–Kier alpha value is -2.47. The Bertz CT molecular complexity index is 640. The van der Waals surface area contributed by atoms with Crippen LogP contribution in [0.2, 0.25) is 0 Å². The Morgan fingerprint density at radius 1 is 1.09 bits per heavy atom. The molecule has 0 amide bonds. The molecular weight excluding hydrogens is 280 g/mol. The van der Waals surface area contributed by atoms with E-state index < -0.39 is 0 Å². The molecule has 1 aliphatic heterocycles. The first kappa shape index (κ1) is 14.5. The van der Waals surface area contributed by atoms with Crippen molar-refractivity contribution in [2.45, 2.75) is 6.54 Å². The largest absolute Gasteiger partial charge is 0.362 e. The topological polar surface area (TPSA) is 62.5 Å². The number of aromatic nitrogens is 1. The SMILES string of the molecule is O=[N+]([O-])c1ccncc1N1CCN(Cc2ccccc2)CC1. The van der Waals surface area contributed by atoms with Gasteiger partial charge in [-0.25, -0.2) is 0 Å². The first-order valence-corrected chi connectivity index (χ1v) is 7.33. The van der Waals surface area contributed by atoms with Gasteiger partial charge in [-0.05, 0) is 5.56 Å². The van der Waals surface area contributed by atoms with Crippen molar-refractivity contribution in [2.24, 2.45) is 0 Å². The van der Waals surface area contributed by atoms with Crippen LogP contribution < -0.4 is 4.90 Å². The molecule has 2 aromatic rings. The molecule has 114 valence electrons. The molecule has 22 heavy (non-hydrogen) atoms. The van der Waals surface area contributed by atoms with Crippen LogP contribution in [0.4, 0.5) is 11.4 Å². The lowest BCUT2D eigenvalue weighted by atomic mass is 10.2. The van der Waals surface area contributed by atoms with E-state index in [0.29, 0.717) is 5.69 Å². The van der Waals surface area contributed by atoms with Gasteiger partial charge in [0.25, 0.3) is 5.69 Å². The number of benzene rings is 1. The zero-order valence-corrected chi connectivity index (χ0v) is 12.3. The van der Waals surface area contributed by atoms with Crippen molar-refractivity contribution < 1.29 is 4.92 Å². The van der Waals surface area contributed by atoms with Gasteiger partial charge in [0.2, 0.25) is 0 Å². The predicted octanol–water partition coefficient (Wildman–Crippen LogP) is 2.31. The Balaban J connectivity index is 1.64. The van der Waals surface area contributed by atoms with Crippen molar-refractivity contribution >= 4 is 11.4 Å². The van der Waals surface area contributed by atoms with E-state index in [9.17, 15) is 10.1 Å². The monoisotopic (exact) mass is 298 g/mol. The van der Waals surface area contributed by atoms with Crippen molar-refractivity contribution in [3.8, 4) is 0 Å². The number of hydrogen-bond donors (Lipinski definition) is 0. The molecule has 0 bridgehead atoms. The van der Waals surface area contributed by atoms with E-state index in [-0.39, 0.29) is 10.6 Å². The first-order chi connectivity index (χ1) is 10.7. The molecule has 2 heterocycles. The molecule has 1 aromatic carbocycles. The molecule has 0 saturated carbocycles. The van der Waals surface area contributed by atoms with Gasteiger partial charge in [-0.2, -0.15) is 0 Å². The third kappa shape index (κ3) is 3.23. The summed E-state index contributed by atoms with van der Waals surface area (Å²) in [6, 6.07) is 11.8. The highest BCUT2D eigenvalue weighted by Crippen LogP contribution is 2.27. The molecule has 0 atom stereocenters. The molecule has 6 heteroatoms. The number of rotatable bonds is 4. The van der Waals surface area contributed by atoms with Crippen molar-refractivity contribution in [3.63, 3.8) is 0 Å². The Labute approximate surface area is 129 Å². The van der Waals surface area contributed by atoms with E-state index >= 15 is 0 Å². The Morgan fingerprint density at radius 3 is 2.50 bits per heavy atom. The van der Waals surface area contributed by atoms with Crippen molar-refractivity contribution in [1.29, 1.82) is 0 Å². The van der Waals surface area contributed by atoms with Gasteiger partial charge in [-0.1, -0.05) is 30.3 Å². The van der Waals surface area contributed by atoms with E-state index in [1.807, 2.05) is 23.1 Å². The van der Waals surface area contributed by atoms with Crippen LogP contribution >= 0.6 is 0 Å². The third-order valence-corrected chi connectivity index (χ3v) is 3.94. The van der Waals surface area contributed by atoms with Gasteiger partial charge in [0.1, 0.15) is 5.69 Å². The van der Waals surface area contributed by atoms with E-state index in [1.165, 1.54) is 17.8 Å². The minimum absolute atomic E-state index is 0.131. The lowest BCUT2D eigenvalue weighted by Gasteiger charge is -2.35. The highest BCUT2D eigenvalue weighted by atomic mass is 16.6. The molecule has 0 N–H and O–H groups in total.